The van der Waals surface area contributed by atoms with Crippen LogP contribution < -0.4 is 0 Å². The van der Waals surface area contributed by atoms with Crippen molar-refractivity contribution in [3.8, 4) is 0 Å². The average molecular weight is 281 g/mol. The van der Waals surface area contributed by atoms with Crippen LogP contribution in [0.25, 0.3) is 11.0 Å². The molecule has 1 aromatic heterocycles. The third-order valence-electron chi connectivity index (χ3n) is 3.45. The SMILES string of the molecule is O=C(O)c1cccc2c1nnn2CCCc1ccccc1. The van der Waals surface area contributed by atoms with Crippen LogP contribution in [-0.2, 0) is 13.0 Å². The Labute approximate surface area is 121 Å². The molecule has 0 amide bonds. The van der Waals surface area contributed by atoms with Crippen LogP contribution in [0.15, 0.2) is 48.5 Å². The first-order valence-corrected chi connectivity index (χ1v) is 6.85. The van der Waals surface area contributed by atoms with Gasteiger partial charge in [0, 0.05) is 6.54 Å². The largest absolute Gasteiger partial charge is 0.478 e. The second kappa shape index (κ2) is 5.75. The van der Waals surface area contributed by atoms with E-state index in [1.807, 2.05) is 24.3 Å². The summed E-state index contributed by atoms with van der Waals surface area (Å²) in [4.78, 5) is 11.1. The number of carboxylic acid groups (broad SMARTS) is 1. The first kappa shape index (κ1) is 13.3. The van der Waals surface area contributed by atoms with E-state index in [1.165, 1.54) is 5.56 Å². The zero-order valence-electron chi connectivity index (χ0n) is 11.4. The predicted molar refractivity (Wildman–Crippen MR) is 79.3 cm³/mol. The molecule has 0 atom stereocenters. The number of hydrogen-bond acceptors (Lipinski definition) is 3. The molecule has 0 spiro atoms. The number of carboxylic acids is 1. The number of aromatic nitrogens is 3. The van der Waals surface area contributed by atoms with Crippen molar-refractivity contribution >= 4 is 17.0 Å². The maximum Gasteiger partial charge on any atom is 0.338 e. The van der Waals surface area contributed by atoms with E-state index in [1.54, 1.807) is 16.8 Å². The molecule has 5 heteroatoms. The van der Waals surface area contributed by atoms with E-state index in [0.717, 1.165) is 18.4 Å². The Morgan fingerprint density at radius 1 is 1.10 bits per heavy atom. The van der Waals surface area contributed by atoms with Gasteiger partial charge in [0.05, 0.1) is 11.1 Å². The summed E-state index contributed by atoms with van der Waals surface area (Å²) in [6.07, 6.45) is 1.89. The number of benzene rings is 2. The van der Waals surface area contributed by atoms with Crippen molar-refractivity contribution in [1.82, 2.24) is 15.0 Å². The van der Waals surface area contributed by atoms with Crippen molar-refractivity contribution in [1.29, 1.82) is 0 Å². The average Bonchev–Trinajstić information content (AvgIpc) is 2.91. The Hall–Kier alpha value is -2.69. The summed E-state index contributed by atoms with van der Waals surface area (Å²) in [5.74, 6) is -0.975. The molecule has 1 heterocycles. The van der Waals surface area contributed by atoms with Crippen LogP contribution in [0.2, 0.25) is 0 Å². The highest BCUT2D eigenvalue weighted by atomic mass is 16.4. The lowest BCUT2D eigenvalue weighted by Crippen LogP contribution is -2.02. The molecule has 0 saturated carbocycles. The van der Waals surface area contributed by atoms with Gasteiger partial charge in [0.25, 0.3) is 0 Å². The van der Waals surface area contributed by atoms with Gasteiger partial charge in [-0.05, 0) is 30.5 Å². The normalized spacial score (nSPS) is 10.9. The monoisotopic (exact) mass is 281 g/mol. The molecular formula is C16H15N3O2. The molecule has 1 N–H and O–H groups in total. The Morgan fingerprint density at radius 2 is 1.90 bits per heavy atom. The number of fused-ring (bicyclic) bond motifs is 1. The fourth-order valence-electron chi connectivity index (χ4n) is 2.41. The van der Waals surface area contributed by atoms with Gasteiger partial charge in [-0.3, -0.25) is 0 Å². The van der Waals surface area contributed by atoms with Crippen molar-refractivity contribution in [2.24, 2.45) is 0 Å². The third-order valence-corrected chi connectivity index (χ3v) is 3.45. The molecular weight excluding hydrogens is 266 g/mol. The van der Waals surface area contributed by atoms with Gasteiger partial charge in [-0.25, -0.2) is 9.48 Å². The highest BCUT2D eigenvalue weighted by Crippen LogP contribution is 2.16. The highest BCUT2D eigenvalue weighted by Gasteiger charge is 2.13. The molecule has 3 rings (SSSR count). The maximum absolute atomic E-state index is 11.1. The van der Waals surface area contributed by atoms with E-state index in [4.69, 9.17) is 5.11 Å². The van der Waals surface area contributed by atoms with Gasteiger partial charge < -0.3 is 5.11 Å². The standard InChI is InChI=1S/C16H15N3O2/c20-16(21)13-9-4-10-14-15(13)17-18-19(14)11-5-8-12-6-2-1-3-7-12/h1-4,6-7,9-10H,5,8,11H2,(H,20,21). The Bertz CT molecular complexity index is 766. The minimum absolute atomic E-state index is 0.196. The molecule has 0 aliphatic carbocycles. The fourth-order valence-corrected chi connectivity index (χ4v) is 2.41. The Balaban J connectivity index is 1.76. The van der Waals surface area contributed by atoms with Crippen molar-refractivity contribution < 1.29 is 9.90 Å². The number of aromatic carboxylic acids is 1. The summed E-state index contributed by atoms with van der Waals surface area (Å²) in [6, 6.07) is 15.4. The number of nitrogens with zero attached hydrogens (tertiary/aromatic N) is 3. The van der Waals surface area contributed by atoms with Crippen LogP contribution in [-0.4, -0.2) is 26.1 Å². The zero-order chi connectivity index (χ0) is 14.7. The molecule has 0 fully saturated rings. The van der Waals surface area contributed by atoms with Gasteiger partial charge in [-0.15, -0.1) is 5.10 Å². The summed E-state index contributed by atoms with van der Waals surface area (Å²) in [5, 5.41) is 17.2. The minimum atomic E-state index is -0.975. The van der Waals surface area contributed by atoms with Crippen LogP contribution in [0.1, 0.15) is 22.3 Å². The van der Waals surface area contributed by atoms with E-state index < -0.39 is 5.97 Å². The number of rotatable bonds is 5. The van der Waals surface area contributed by atoms with E-state index in [-0.39, 0.29) is 5.56 Å². The molecule has 5 nitrogen and oxygen atoms in total. The van der Waals surface area contributed by atoms with Crippen LogP contribution in [0.4, 0.5) is 0 Å². The van der Waals surface area contributed by atoms with Gasteiger partial charge in [-0.1, -0.05) is 41.6 Å². The summed E-state index contributed by atoms with van der Waals surface area (Å²) >= 11 is 0. The number of aryl methyl sites for hydroxylation is 2. The van der Waals surface area contributed by atoms with E-state index >= 15 is 0 Å². The lowest BCUT2D eigenvalue weighted by Gasteiger charge is -2.03. The van der Waals surface area contributed by atoms with Gasteiger partial charge in [0.15, 0.2) is 0 Å². The van der Waals surface area contributed by atoms with E-state index in [2.05, 4.69) is 22.4 Å². The van der Waals surface area contributed by atoms with Crippen molar-refractivity contribution in [3.63, 3.8) is 0 Å². The van der Waals surface area contributed by atoms with Crippen molar-refractivity contribution in [3.05, 3.63) is 59.7 Å². The van der Waals surface area contributed by atoms with Crippen molar-refractivity contribution in [2.45, 2.75) is 19.4 Å². The lowest BCUT2D eigenvalue weighted by molar-refractivity contribution is 0.0699. The quantitative estimate of drug-likeness (QED) is 0.780. The van der Waals surface area contributed by atoms with E-state index in [9.17, 15) is 4.79 Å². The molecule has 0 saturated heterocycles. The van der Waals surface area contributed by atoms with Gasteiger partial charge >= 0.3 is 5.97 Å². The van der Waals surface area contributed by atoms with E-state index in [0.29, 0.717) is 12.1 Å². The van der Waals surface area contributed by atoms with Gasteiger partial charge in [0.1, 0.15) is 5.52 Å². The minimum Gasteiger partial charge on any atom is -0.478 e. The molecule has 2 aromatic carbocycles. The highest BCUT2D eigenvalue weighted by molar-refractivity contribution is 6.00. The second-order valence-corrected chi connectivity index (χ2v) is 4.88. The molecule has 0 radical (unpaired) electrons. The van der Waals surface area contributed by atoms with Gasteiger partial charge in [-0.2, -0.15) is 0 Å². The summed E-state index contributed by atoms with van der Waals surface area (Å²) in [5.41, 5.74) is 2.70. The molecule has 0 aliphatic rings. The van der Waals surface area contributed by atoms with Gasteiger partial charge in [0.2, 0.25) is 0 Å². The lowest BCUT2D eigenvalue weighted by atomic mass is 10.1. The maximum atomic E-state index is 11.1. The van der Waals surface area contributed by atoms with Crippen molar-refractivity contribution in [2.75, 3.05) is 0 Å². The summed E-state index contributed by atoms with van der Waals surface area (Å²) in [7, 11) is 0. The topological polar surface area (TPSA) is 68.0 Å². The molecule has 0 unspecified atom stereocenters. The third kappa shape index (κ3) is 2.76. The fraction of sp³-hybridized carbons (Fsp3) is 0.188. The van der Waals surface area contributed by atoms with Crippen LogP contribution in [0.5, 0.6) is 0 Å². The van der Waals surface area contributed by atoms with Crippen LogP contribution >= 0.6 is 0 Å². The zero-order valence-corrected chi connectivity index (χ0v) is 11.4. The van der Waals surface area contributed by atoms with Crippen LogP contribution in [0, 0.1) is 0 Å². The van der Waals surface area contributed by atoms with Crippen LogP contribution in [0.3, 0.4) is 0 Å². The first-order valence-electron chi connectivity index (χ1n) is 6.85. The molecule has 3 aromatic rings. The number of hydrogen-bond donors (Lipinski definition) is 1. The molecule has 106 valence electrons. The molecule has 21 heavy (non-hydrogen) atoms. The molecule has 0 aliphatic heterocycles. The smallest absolute Gasteiger partial charge is 0.338 e. The number of carbonyl (C=O) groups is 1. The molecule has 0 bridgehead atoms. The first-order chi connectivity index (χ1) is 10.3. The Kier molecular flexibility index (Phi) is 3.64. The summed E-state index contributed by atoms with van der Waals surface area (Å²) < 4.78 is 1.77. The predicted octanol–water partition coefficient (Wildman–Crippen LogP) is 2.76. The summed E-state index contributed by atoms with van der Waals surface area (Å²) in [6.45, 7) is 0.717. The second-order valence-electron chi connectivity index (χ2n) is 4.88. The Morgan fingerprint density at radius 3 is 2.67 bits per heavy atom.